The van der Waals surface area contributed by atoms with Crippen LogP contribution in [0.25, 0.3) is 0 Å². The second-order valence-electron chi connectivity index (χ2n) is 15.2. The number of rotatable bonds is 32. The Morgan fingerprint density at radius 1 is 0.609 bits per heavy atom. The summed E-state index contributed by atoms with van der Waals surface area (Å²) in [5.41, 5.74) is 0. The summed E-state index contributed by atoms with van der Waals surface area (Å²) in [5.74, 6) is 0.00860. The summed E-state index contributed by atoms with van der Waals surface area (Å²) < 4.78 is 12.3. The van der Waals surface area contributed by atoms with Crippen LogP contribution in [-0.4, -0.2) is 27.0 Å². The highest BCUT2D eigenvalue weighted by Gasteiger charge is 2.36. The van der Waals surface area contributed by atoms with E-state index in [2.05, 4.69) is 84.2 Å². The van der Waals surface area contributed by atoms with Gasteiger partial charge in [-0.1, -0.05) is 148 Å². The van der Waals surface area contributed by atoms with Gasteiger partial charge < -0.3 is 9.16 Å². The third-order valence-electron chi connectivity index (χ3n) is 9.61. The molecule has 0 amide bonds. The molecule has 0 rings (SSSR count). The van der Waals surface area contributed by atoms with Gasteiger partial charge in [-0.05, 0) is 88.8 Å². The lowest BCUT2D eigenvalue weighted by Crippen LogP contribution is -2.40. The molecule has 3 nitrogen and oxygen atoms in total. The molecule has 0 aromatic heterocycles. The van der Waals surface area contributed by atoms with Crippen LogP contribution in [0, 0.1) is 0 Å². The van der Waals surface area contributed by atoms with E-state index in [0.717, 1.165) is 51.6 Å². The lowest BCUT2D eigenvalue weighted by molar-refractivity contribution is -0.149. The summed E-state index contributed by atoms with van der Waals surface area (Å²) in [7, 11) is -1.59. The van der Waals surface area contributed by atoms with Crippen molar-refractivity contribution in [3.8, 4) is 0 Å². The zero-order valence-corrected chi connectivity index (χ0v) is 33.2. The Morgan fingerprint density at radius 3 is 1.67 bits per heavy atom. The molecular weight excluding hydrogens is 581 g/mol. The van der Waals surface area contributed by atoms with Gasteiger partial charge >= 0.3 is 5.97 Å². The average Bonchev–Trinajstić information content (AvgIpc) is 3.00. The van der Waals surface area contributed by atoms with Gasteiger partial charge in [0.1, 0.15) is 6.10 Å². The van der Waals surface area contributed by atoms with Gasteiger partial charge in [0.2, 0.25) is 0 Å². The van der Waals surface area contributed by atoms with Gasteiger partial charge in [0.05, 0.1) is 0 Å². The van der Waals surface area contributed by atoms with Crippen molar-refractivity contribution >= 4 is 14.3 Å². The van der Waals surface area contributed by atoms with Crippen LogP contribution in [0.15, 0.2) is 36.5 Å². The van der Waals surface area contributed by atoms with E-state index in [9.17, 15) is 4.79 Å². The van der Waals surface area contributed by atoms with Gasteiger partial charge in [-0.15, -0.1) is 0 Å². The molecule has 0 heterocycles. The van der Waals surface area contributed by atoms with Crippen molar-refractivity contribution in [2.24, 2.45) is 0 Å². The Balaban J connectivity index is 4.00. The fourth-order valence-corrected chi connectivity index (χ4v) is 6.42. The van der Waals surface area contributed by atoms with Crippen LogP contribution in [0.1, 0.15) is 195 Å². The molecule has 0 unspecified atom stereocenters. The summed E-state index contributed by atoms with van der Waals surface area (Å²) in [4.78, 5) is 12.6. The molecule has 1 atom stereocenters. The van der Waals surface area contributed by atoms with Gasteiger partial charge in [-0.25, -0.2) is 0 Å². The Kier molecular flexibility index (Phi) is 30.4. The van der Waals surface area contributed by atoms with Crippen LogP contribution >= 0.6 is 0 Å². The van der Waals surface area contributed by atoms with Gasteiger partial charge in [0.25, 0.3) is 0 Å². The van der Waals surface area contributed by atoms with Crippen molar-refractivity contribution < 1.29 is 14.0 Å². The van der Waals surface area contributed by atoms with Gasteiger partial charge in [0, 0.05) is 19.4 Å². The molecule has 0 aliphatic rings. The topological polar surface area (TPSA) is 35.5 Å². The Labute approximate surface area is 290 Å². The molecule has 0 aliphatic carbocycles. The Bertz CT molecular complexity index is 761. The van der Waals surface area contributed by atoms with Gasteiger partial charge in [-0.2, -0.15) is 0 Å². The van der Waals surface area contributed by atoms with Crippen LogP contribution in [-0.2, 0) is 14.0 Å². The molecule has 0 N–H and O–H groups in total. The lowest BCUT2D eigenvalue weighted by atomic mass is 10.1. The summed E-state index contributed by atoms with van der Waals surface area (Å²) in [6, 6.07) is 0. The largest absolute Gasteiger partial charge is 0.462 e. The number of carbonyl (C=O) groups is 1. The number of esters is 1. The van der Waals surface area contributed by atoms with Crippen LogP contribution in [0.3, 0.4) is 0 Å². The Morgan fingerprint density at radius 2 is 1.09 bits per heavy atom. The van der Waals surface area contributed by atoms with E-state index in [1.165, 1.54) is 109 Å². The quantitative estimate of drug-likeness (QED) is 0.0312. The zero-order valence-electron chi connectivity index (χ0n) is 32.2. The standard InChI is InChI=1S/C42H80O3Si/c1-8-10-12-14-15-16-17-18-19-20-21-24-27-30-34-38-41(43)45-40(36-32-13-11-9-2)37-33-29-26-23-22-25-28-31-35-39-44-46(6,7)42(3,4)5/h15-16,18-19,29,33,40H,8-14,17,20-28,30-32,34-39H2,1-7H3/b16-15-,19-18-,33-29-/t40-/m1/s1. The summed E-state index contributed by atoms with van der Waals surface area (Å²) in [6.07, 6.45) is 43.3. The molecule has 0 saturated carbocycles. The molecule has 46 heavy (non-hydrogen) atoms. The van der Waals surface area contributed by atoms with Crippen molar-refractivity contribution in [2.45, 2.75) is 219 Å². The minimum Gasteiger partial charge on any atom is -0.462 e. The number of allylic oxidation sites excluding steroid dienone is 5. The number of ether oxygens (including phenoxy) is 1. The predicted octanol–water partition coefficient (Wildman–Crippen LogP) is 14.4. The van der Waals surface area contributed by atoms with E-state index in [4.69, 9.17) is 9.16 Å². The van der Waals surface area contributed by atoms with Crippen molar-refractivity contribution in [3.05, 3.63) is 36.5 Å². The summed E-state index contributed by atoms with van der Waals surface area (Å²) in [5, 5.41) is 0.305. The zero-order chi connectivity index (χ0) is 34.2. The van der Waals surface area contributed by atoms with Gasteiger partial charge in [0.15, 0.2) is 8.32 Å². The monoisotopic (exact) mass is 661 g/mol. The van der Waals surface area contributed by atoms with Crippen LogP contribution in [0.4, 0.5) is 0 Å². The van der Waals surface area contributed by atoms with Crippen LogP contribution in [0.5, 0.6) is 0 Å². The molecule has 0 aromatic carbocycles. The molecule has 270 valence electrons. The number of unbranched alkanes of at least 4 members (excludes halogenated alkanes) is 17. The maximum absolute atomic E-state index is 12.6. The van der Waals surface area contributed by atoms with E-state index in [0.29, 0.717) is 11.5 Å². The first-order valence-corrected chi connectivity index (χ1v) is 22.8. The molecular formula is C42H80O3Si. The van der Waals surface area contributed by atoms with Gasteiger partial charge in [-0.3, -0.25) is 4.79 Å². The van der Waals surface area contributed by atoms with Crippen LogP contribution in [0.2, 0.25) is 18.1 Å². The predicted molar refractivity (Wildman–Crippen MR) is 207 cm³/mol. The lowest BCUT2D eigenvalue weighted by Gasteiger charge is -2.36. The molecule has 0 aliphatic heterocycles. The molecule has 0 aromatic rings. The van der Waals surface area contributed by atoms with Crippen molar-refractivity contribution in [1.82, 2.24) is 0 Å². The third-order valence-corrected chi connectivity index (χ3v) is 14.1. The first-order chi connectivity index (χ1) is 22.1. The molecule has 0 fully saturated rings. The number of hydrogen-bond donors (Lipinski definition) is 0. The van der Waals surface area contributed by atoms with E-state index in [1.54, 1.807) is 0 Å². The first kappa shape index (κ1) is 44.9. The highest BCUT2D eigenvalue weighted by atomic mass is 28.4. The average molecular weight is 661 g/mol. The van der Waals surface area contributed by atoms with Crippen molar-refractivity contribution in [3.63, 3.8) is 0 Å². The second kappa shape index (κ2) is 31.2. The van der Waals surface area contributed by atoms with E-state index in [-0.39, 0.29) is 12.1 Å². The highest BCUT2D eigenvalue weighted by Crippen LogP contribution is 2.36. The van der Waals surface area contributed by atoms with Crippen LogP contribution < -0.4 is 0 Å². The molecule has 4 heteroatoms. The maximum atomic E-state index is 12.6. The van der Waals surface area contributed by atoms with E-state index in [1.807, 2.05) is 0 Å². The molecule has 0 saturated heterocycles. The highest BCUT2D eigenvalue weighted by molar-refractivity contribution is 6.74. The molecule has 0 radical (unpaired) electrons. The minimum atomic E-state index is -1.59. The number of carbonyl (C=O) groups excluding carboxylic acids is 1. The Hall–Kier alpha value is -1.13. The minimum absolute atomic E-state index is 0.00860. The first-order valence-electron chi connectivity index (χ1n) is 19.9. The summed E-state index contributed by atoms with van der Waals surface area (Å²) in [6.45, 7) is 17.1. The number of hydrogen-bond acceptors (Lipinski definition) is 3. The SMILES string of the molecule is CCCCC/C=C\C/C=C\CCCCCCCC(=O)O[C@@H](C/C=C\CCCCCCCCO[Si](C)(C)C(C)(C)C)CCCCCC. The summed E-state index contributed by atoms with van der Waals surface area (Å²) >= 11 is 0. The normalized spacial score (nSPS) is 13.5. The molecule has 0 spiro atoms. The fourth-order valence-electron chi connectivity index (χ4n) is 5.33. The van der Waals surface area contributed by atoms with E-state index < -0.39 is 8.32 Å². The third kappa shape index (κ3) is 29.0. The smallest absolute Gasteiger partial charge is 0.306 e. The fraction of sp³-hybridized carbons (Fsp3) is 0.833. The van der Waals surface area contributed by atoms with E-state index >= 15 is 0 Å². The molecule has 0 bridgehead atoms. The van der Waals surface area contributed by atoms with Crippen molar-refractivity contribution in [2.75, 3.05) is 6.61 Å². The van der Waals surface area contributed by atoms with Crippen molar-refractivity contribution in [1.29, 1.82) is 0 Å². The second-order valence-corrected chi connectivity index (χ2v) is 20.0. The maximum Gasteiger partial charge on any atom is 0.306 e.